The highest BCUT2D eigenvalue weighted by Gasteiger charge is 2.29. The van der Waals surface area contributed by atoms with Gasteiger partial charge < -0.3 is 9.84 Å². The van der Waals surface area contributed by atoms with Crippen LogP contribution in [0, 0.1) is 5.92 Å². The van der Waals surface area contributed by atoms with Crippen molar-refractivity contribution in [2.45, 2.75) is 33.5 Å². The number of ether oxygens (including phenoxy) is 1. The van der Waals surface area contributed by atoms with Crippen LogP contribution in [0.3, 0.4) is 0 Å². The Kier molecular flexibility index (Phi) is 4.01. The van der Waals surface area contributed by atoms with Crippen molar-refractivity contribution in [2.75, 3.05) is 5.75 Å². The fraction of sp³-hybridized carbons (Fsp3) is 0.700. The Labute approximate surface area is 88.5 Å². The molecule has 0 bridgehead atoms. The molecule has 4 heteroatoms. The molecule has 0 radical (unpaired) electrons. The smallest absolute Gasteiger partial charge is 0.337 e. The molecule has 1 N–H and O–H groups in total. The quantitative estimate of drug-likeness (QED) is 0.729. The summed E-state index contributed by atoms with van der Waals surface area (Å²) in [5, 5.41) is 9.37. The van der Waals surface area contributed by atoms with Crippen LogP contribution in [0.4, 0.5) is 0 Å². The molecule has 3 nitrogen and oxygen atoms in total. The van der Waals surface area contributed by atoms with Crippen LogP contribution in [-0.2, 0) is 9.53 Å². The van der Waals surface area contributed by atoms with Crippen molar-refractivity contribution in [3.8, 4) is 0 Å². The van der Waals surface area contributed by atoms with Gasteiger partial charge in [0, 0.05) is 5.57 Å². The lowest BCUT2D eigenvalue weighted by Crippen LogP contribution is -2.08. The summed E-state index contributed by atoms with van der Waals surface area (Å²) in [6.07, 6.45) is 0.0437. The number of esters is 1. The van der Waals surface area contributed by atoms with E-state index in [4.69, 9.17) is 0 Å². The molecule has 1 aliphatic rings. The third-order valence-electron chi connectivity index (χ3n) is 2.07. The summed E-state index contributed by atoms with van der Waals surface area (Å²) in [6, 6.07) is 0. The number of hydrogen-bond acceptors (Lipinski definition) is 4. The first kappa shape index (κ1) is 11.6. The van der Waals surface area contributed by atoms with Gasteiger partial charge in [0.1, 0.15) is 0 Å². The molecule has 0 aromatic rings. The summed E-state index contributed by atoms with van der Waals surface area (Å²) in [7, 11) is 0. The summed E-state index contributed by atoms with van der Waals surface area (Å²) in [6.45, 7) is 5.99. The van der Waals surface area contributed by atoms with Gasteiger partial charge in [0.05, 0.1) is 4.91 Å². The highest BCUT2D eigenvalue weighted by atomic mass is 32.2. The maximum Gasteiger partial charge on any atom is 0.337 e. The Bertz CT molecular complexity index is 258. The predicted octanol–water partition coefficient (Wildman–Crippen LogP) is 1.91. The first-order valence-corrected chi connectivity index (χ1v) is 5.73. The van der Waals surface area contributed by atoms with Gasteiger partial charge >= 0.3 is 5.97 Å². The fourth-order valence-corrected chi connectivity index (χ4v) is 2.41. The first-order chi connectivity index (χ1) is 6.52. The third kappa shape index (κ3) is 2.75. The minimum atomic E-state index is -1.03. The van der Waals surface area contributed by atoms with E-state index in [2.05, 4.69) is 18.6 Å². The molecule has 1 aliphatic heterocycles. The van der Waals surface area contributed by atoms with Gasteiger partial charge in [-0.25, -0.2) is 4.79 Å². The van der Waals surface area contributed by atoms with Gasteiger partial charge in [0.25, 0.3) is 0 Å². The van der Waals surface area contributed by atoms with Crippen LogP contribution in [0.25, 0.3) is 0 Å². The second-order valence-corrected chi connectivity index (χ2v) is 4.91. The monoisotopic (exact) mass is 216 g/mol. The zero-order valence-corrected chi connectivity index (χ0v) is 9.56. The van der Waals surface area contributed by atoms with E-state index in [0.717, 1.165) is 12.2 Å². The molecule has 0 fully saturated rings. The lowest BCUT2D eigenvalue weighted by molar-refractivity contribution is -0.151. The molecule has 0 saturated carbocycles. The number of hydrogen-bond donors (Lipinski definition) is 1. The van der Waals surface area contributed by atoms with Crippen molar-refractivity contribution in [3.05, 3.63) is 10.5 Å². The molecule has 0 amide bonds. The maximum absolute atomic E-state index is 11.0. The number of thioether (sulfide) groups is 1. The second kappa shape index (κ2) is 4.84. The van der Waals surface area contributed by atoms with Crippen LogP contribution in [0.15, 0.2) is 10.5 Å². The highest BCUT2D eigenvalue weighted by Crippen LogP contribution is 2.31. The lowest BCUT2D eigenvalue weighted by Gasteiger charge is -2.08. The largest absolute Gasteiger partial charge is 0.427 e. The van der Waals surface area contributed by atoms with E-state index in [0.29, 0.717) is 16.4 Å². The molecule has 14 heavy (non-hydrogen) atoms. The number of carbonyl (C=O) groups is 1. The molecule has 1 heterocycles. The standard InChI is InChI=1S/C10H16O3S/c1-6(2)4-5-14-8-7(3)9(11)13-10(8)12/h6,10,12H,4-5H2,1-3H3. The Morgan fingerprint density at radius 3 is 2.64 bits per heavy atom. The van der Waals surface area contributed by atoms with Crippen molar-refractivity contribution >= 4 is 17.7 Å². The average molecular weight is 216 g/mol. The molecular weight excluding hydrogens is 200 g/mol. The van der Waals surface area contributed by atoms with Crippen molar-refractivity contribution < 1.29 is 14.6 Å². The van der Waals surface area contributed by atoms with Gasteiger partial charge in [0.15, 0.2) is 0 Å². The summed E-state index contributed by atoms with van der Waals surface area (Å²) in [4.78, 5) is 11.7. The fourth-order valence-electron chi connectivity index (χ4n) is 1.11. The topological polar surface area (TPSA) is 46.5 Å². The van der Waals surface area contributed by atoms with Crippen molar-refractivity contribution in [2.24, 2.45) is 5.92 Å². The first-order valence-electron chi connectivity index (χ1n) is 4.75. The van der Waals surface area contributed by atoms with E-state index in [9.17, 15) is 9.90 Å². The molecule has 1 atom stereocenters. The van der Waals surface area contributed by atoms with Crippen molar-refractivity contribution in [3.63, 3.8) is 0 Å². The zero-order chi connectivity index (χ0) is 10.7. The van der Waals surface area contributed by atoms with Gasteiger partial charge in [-0.2, -0.15) is 0 Å². The maximum atomic E-state index is 11.0. The average Bonchev–Trinajstić information content (AvgIpc) is 2.31. The normalized spacial score (nSPS) is 22.1. The predicted molar refractivity (Wildman–Crippen MR) is 56.7 cm³/mol. The number of cyclic esters (lactones) is 1. The number of carbonyl (C=O) groups excluding carboxylic acids is 1. The lowest BCUT2D eigenvalue weighted by atomic mass is 10.2. The van der Waals surface area contributed by atoms with Crippen LogP contribution in [0.2, 0.25) is 0 Å². The van der Waals surface area contributed by atoms with Crippen LogP contribution >= 0.6 is 11.8 Å². The zero-order valence-electron chi connectivity index (χ0n) is 8.74. The third-order valence-corrected chi connectivity index (χ3v) is 3.33. The summed E-state index contributed by atoms with van der Waals surface area (Å²) in [5.41, 5.74) is 0.547. The Balaban J connectivity index is 2.47. The summed E-state index contributed by atoms with van der Waals surface area (Å²) < 4.78 is 4.67. The van der Waals surface area contributed by atoms with E-state index < -0.39 is 12.3 Å². The van der Waals surface area contributed by atoms with E-state index >= 15 is 0 Å². The molecule has 0 aliphatic carbocycles. The minimum Gasteiger partial charge on any atom is -0.427 e. The Morgan fingerprint density at radius 2 is 2.21 bits per heavy atom. The number of aliphatic hydroxyl groups excluding tert-OH is 1. The molecule has 1 rings (SSSR count). The molecule has 80 valence electrons. The molecule has 0 saturated heterocycles. The Morgan fingerprint density at radius 1 is 1.57 bits per heavy atom. The second-order valence-electron chi connectivity index (χ2n) is 3.78. The van der Waals surface area contributed by atoms with Gasteiger partial charge in [-0.05, 0) is 25.0 Å². The van der Waals surface area contributed by atoms with Gasteiger partial charge in [-0.15, -0.1) is 11.8 Å². The van der Waals surface area contributed by atoms with Crippen LogP contribution < -0.4 is 0 Å². The summed E-state index contributed by atoms with van der Waals surface area (Å²) >= 11 is 1.52. The van der Waals surface area contributed by atoms with Gasteiger partial charge in [-0.1, -0.05) is 13.8 Å². The molecular formula is C10H16O3S. The van der Waals surface area contributed by atoms with Crippen LogP contribution in [0.1, 0.15) is 27.2 Å². The number of rotatable bonds is 4. The molecule has 0 aromatic carbocycles. The minimum absolute atomic E-state index is 0.399. The van der Waals surface area contributed by atoms with E-state index in [-0.39, 0.29) is 0 Å². The molecule has 0 spiro atoms. The van der Waals surface area contributed by atoms with Crippen molar-refractivity contribution in [1.29, 1.82) is 0 Å². The van der Waals surface area contributed by atoms with Crippen LogP contribution in [-0.4, -0.2) is 23.1 Å². The summed E-state index contributed by atoms with van der Waals surface area (Å²) in [5.74, 6) is 1.15. The van der Waals surface area contributed by atoms with E-state index in [1.807, 2.05) is 0 Å². The van der Waals surface area contributed by atoms with E-state index in [1.165, 1.54) is 11.8 Å². The molecule has 0 aromatic heterocycles. The van der Waals surface area contributed by atoms with E-state index in [1.54, 1.807) is 6.92 Å². The highest BCUT2D eigenvalue weighted by molar-refractivity contribution is 8.03. The Hall–Kier alpha value is -0.480. The molecule has 1 unspecified atom stereocenters. The number of aliphatic hydroxyl groups is 1. The van der Waals surface area contributed by atoms with Crippen molar-refractivity contribution in [1.82, 2.24) is 0 Å². The van der Waals surface area contributed by atoms with Crippen LogP contribution in [0.5, 0.6) is 0 Å². The van der Waals surface area contributed by atoms with Gasteiger partial charge in [0.2, 0.25) is 6.29 Å². The SMILES string of the molecule is CC1=C(SCCC(C)C)C(O)OC1=O. The van der Waals surface area contributed by atoms with Gasteiger partial charge in [-0.3, -0.25) is 0 Å².